The lowest BCUT2D eigenvalue weighted by atomic mass is 9.92. The van der Waals surface area contributed by atoms with E-state index in [0.29, 0.717) is 16.7 Å². The van der Waals surface area contributed by atoms with E-state index >= 15 is 0 Å². The monoisotopic (exact) mass is 364 g/mol. The standard InChI is InChI=1S/C16H8O4.C4H4O3/c17-15-13-11-4-2-1-3-9(11)7-12(10-5-6-19-8-10)14(13)16(18)20-15;5-3-1-2-4(6)7-3/h1-8H;1-2H2. The Hall–Kier alpha value is -3.74. The summed E-state index contributed by atoms with van der Waals surface area (Å²) in [6.07, 6.45) is 3.59. The van der Waals surface area contributed by atoms with E-state index < -0.39 is 23.9 Å². The highest BCUT2D eigenvalue weighted by atomic mass is 16.6. The molecule has 1 saturated heterocycles. The number of carbonyl (C=O) groups is 4. The molecule has 3 heterocycles. The minimum Gasteiger partial charge on any atom is -0.472 e. The van der Waals surface area contributed by atoms with E-state index in [0.717, 1.165) is 16.3 Å². The third-order valence-corrected chi connectivity index (χ3v) is 4.24. The van der Waals surface area contributed by atoms with E-state index in [-0.39, 0.29) is 12.8 Å². The number of benzene rings is 2. The van der Waals surface area contributed by atoms with Crippen molar-refractivity contribution in [2.45, 2.75) is 12.8 Å². The Morgan fingerprint density at radius 2 is 1.48 bits per heavy atom. The SMILES string of the molecule is O=C1CCC(=O)O1.O=C1OC(=O)c2c1c(-c1ccoc1)cc1ccccc21. The summed E-state index contributed by atoms with van der Waals surface area (Å²) in [6, 6.07) is 11.0. The number of cyclic esters (lactones) is 4. The summed E-state index contributed by atoms with van der Waals surface area (Å²) in [7, 11) is 0. The molecule has 5 rings (SSSR count). The topological polar surface area (TPSA) is 99.9 Å². The first-order valence-corrected chi connectivity index (χ1v) is 8.13. The molecule has 7 heteroatoms. The number of fused-ring (bicyclic) bond motifs is 3. The van der Waals surface area contributed by atoms with E-state index in [2.05, 4.69) is 4.74 Å². The van der Waals surface area contributed by atoms with Gasteiger partial charge >= 0.3 is 23.9 Å². The van der Waals surface area contributed by atoms with Crippen molar-refractivity contribution in [1.82, 2.24) is 0 Å². The van der Waals surface area contributed by atoms with Gasteiger partial charge < -0.3 is 13.9 Å². The van der Waals surface area contributed by atoms with Gasteiger partial charge in [-0.15, -0.1) is 0 Å². The summed E-state index contributed by atoms with van der Waals surface area (Å²) >= 11 is 0. The van der Waals surface area contributed by atoms with Crippen LogP contribution in [0, 0.1) is 0 Å². The highest BCUT2D eigenvalue weighted by molar-refractivity contribution is 6.24. The summed E-state index contributed by atoms with van der Waals surface area (Å²) in [6.45, 7) is 0. The maximum Gasteiger partial charge on any atom is 0.347 e. The van der Waals surface area contributed by atoms with E-state index in [4.69, 9.17) is 9.15 Å². The number of rotatable bonds is 1. The minimum absolute atomic E-state index is 0.263. The molecule has 0 amide bonds. The number of hydrogen-bond donors (Lipinski definition) is 0. The summed E-state index contributed by atoms with van der Waals surface area (Å²) in [5, 5.41) is 1.61. The normalized spacial score (nSPS) is 15.3. The zero-order chi connectivity index (χ0) is 19.0. The van der Waals surface area contributed by atoms with Crippen molar-refractivity contribution in [3.05, 3.63) is 60.1 Å². The number of esters is 4. The minimum atomic E-state index is -0.605. The fourth-order valence-electron chi connectivity index (χ4n) is 3.04. The van der Waals surface area contributed by atoms with Crippen LogP contribution in [0.25, 0.3) is 21.9 Å². The fourth-order valence-corrected chi connectivity index (χ4v) is 3.04. The molecular formula is C20H12O7. The molecule has 0 bridgehead atoms. The van der Waals surface area contributed by atoms with Crippen LogP contribution in [0.4, 0.5) is 0 Å². The molecule has 0 saturated carbocycles. The van der Waals surface area contributed by atoms with Crippen molar-refractivity contribution in [2.24, 2.45) is 0 Å². The Morgan fingerprint density at radius 3 is 2.11 bits per heavy atom. The zero-order valence-electron chi connectivity index (χ0n) is 13.9. The third-order valence-electron chi connectivity index (χ3n) is 4.24. The molecular weight excluding hydrogens is 352 g/mol. The van der Waals surface area contributed by atoms with Gasteiger partial charge in [0, 0.05) is 11.1 Å². The van der Waals surface area contributed by atoms with Crippen LogP contribution in [0.5, 0.6) is 0 Å². The summed E-state index contributed by atoms with van der Waals surface area (Å²) in [5.74, 6) is -1.99. The van der Waals surface area contributed by atoms with Gasteiger partial charge in [0.1, 0.15) is 0 Å². The van der Waals surface area contributed by atoms with Gasteiger partial charge in [-0.2, -0.15) is 0 Å². The van der Waals surface area contributed by atoms with Crippen molar-refractivity contribution in [1.29, 1.82) is 0 Å². The first-order valence-electron chi connectivity index (χ1n) is 8.13. The van der Waals surface area contributed by atoms with Gasteiger partial charge in [0.25, 0.3) is 0 Å². The molecule has 2 aliphatic heterocycles. The van der Waals surface area contributed by atoms with Gasteiger partial charge in [0.2, 0.25) is 0 Å². The van der Waals surface area contributed by atoms with E-state index in [9.17, 15) is 19.2 Å². The predicted molar refractivity (Wildman–Crippen MR) is 91.7 cm³/mol. The average Bonchev–Trinajstić information content (AvgIpc) is 3.37. The molecule has 27 heavy (non-hydrogen) atoms. The largest absolute Gasteiger partial charge is 0.472 e. The van der Waals surface area contributed by atoms with Crippen LogP contribution in [0.15, 0.2) is 53.3 Å². The van der Waals surface area contributed by atoms with Crippen LogP contribution in [0.2, 0.25) is 0 Å². The smallest absolute Gasteiger partial charge is 0.347 e. The zero-order valence-corrected chi connectivity index (χ0v) is 13.9. The predicted octanol–water partition coefficient (Wildman–Crippen LogP) is 3.26. The van der Waals surface area contributed by atoms with Gasteiger partial charge in [-0.1, -0.05) is 24.3 Å². The Morgan fingerprint density at radius 1 is 0.778 bits per heavy atom. The molecule has 2 aromatic carbocycles. The molecule has 0 aliphatic carbocycles. The Balaban J connectivity index is 0.000000218. The Kier molecular flexibility index (Phi) is 4.04. The van der Waals surface area contributed by atoms with E-state index in [1.165, 1.54) is 6.26 Å². The maximum atomic E-state index is 12.0. The maximum absolute atomic E-state index is 12.0. The summed E-state index contributed by atoms with van der Waals surface area (Å²) < 4.78 is 13.9. The lowest BCUT2D eigenvalue weighted by molar-refractivity contribution is -0.151. The van der Waals surface area contributed by atoms with Crippen molar-refractivity contribution in [3.8, 4) is 11.1 Å². The Labute approximate surface area is 152 Å². The van der Waals surface area contributed by atoms with Crippen LogP contribution < -0.4 is 0 Å². The molecule has 0 spiro atoms. The molecule has 2 aliphatic rings. The first kappa shape index (κ1) is 16.7. The second-order valence-corrected chi connectivity index (χ2v) is 5.93. The molecule has 134 valence electrons. The number of hydrogen-bond acceptors (Lipinski definition) is 7. The van der Waals surface area contributed by atoms with Crippen molar-refractivity contribution in [2.75, 3.05) is 0 Å². The van der Waals surface area contributed by atoms with Crippen LogP contribution in [-0.2, 0) is 19.1 Å². The van der Waals surface area contributed by atoms with E-state index in [1.807, 2.05) is 30.3 Å². The summed E-state index contributed by atoms with van der Waals surface area (Å²) in [4.78, 5) is 43.9. The molecule has 0 radical (unpaired) electrons. The molecule has 7 nitrogen and oxygen atoms in total. The Bertz CT molecular complexity index is 1080. The third kappa shape index (κ3) is 2.99. The molecule has 1 fully saturated rings. The lowest BCUT2D eigenvalue weighted by Crippen LogP contribution is -1.98. The average molecular weight is 364 g/mol. The highest BCUT2D eigenvalue weighted by Crippen LogP contribution is 2.37. The second kappa shape index (κ2) is 6.53. The highest BCUT2D eigenvalue weighted by Gasteiger charge is 2.34. The molecule has 0 atom stereocenters. The quantitative estimate of drug-likeness (QED) is 0.482. The molecule has 0 unspecified atom stereocenters. The fraction of sp³-hybridized carbons (Fsp3) is 0.100. The second-order valence-electron chi connectivity index (χ2n) is 5.93. The van der Waals surface area contributed by atoms with E-state index in [1.54, 1.807) is 12.3 Å². The first-order chi connectivity index (χ1) is 13.0. The van der Waals surface area contributed by atoms with Gasteiger partial charge in [-0.05, 0) is 22.9 Å². The van der Waals surface area contributed by atoms with Gasteiger partial charge in [-0.25, -0.2) is 9.59 Å². The molecule has 1 aromatic heterocycles. The number of ether oxygens (including phenoxy) is 2. The van der Waals surface area contributed by atoms with Gasteiger partial charge in [0.15, 0.2) is 0 Å². The number of furan rings is 1. The molecule has 0 N–H and O–H groups in total. The van der Waals surface area contributed by atoms with Gasteiger partial charge in [0.05, 0.1) is 36.5 Å². The van der Waals surface area contributed by atoms with Crippen molar-refractivity contribution >= 4 is 34.6 Å². The lowest BCUT2D eigenvalue weighted by Gasteiger charge is -2.06. The van der Waals surface area contributed by atoms with Crippen LogP contribution >= 0.6 is 0 Å². The van der Waals surface area contributed by atoms with Gasteiger partial charge in [-0.3, -0.25) is 9.59 Å². The number of carbonyl (C=O) groups excluding carboxylic acids is 4. The molecule has 3 aromatic rings. The van der Waals surface area contributed by atoms with Crippen LogP contribution in [-0.4, -0.2) is 23.9 Å². The summed E-state index contributed by atoms with van der Waals surface area (Å²) in [5.41, 5.74) is 2.06. The van der Waals surface area contributed by atoms with Crippen molar-refractivity contribution in [3.63, 3.8) is 0 Å². The van der Waals surface area contributed by atoms with Crippen LogP contribution in [0.3, 0.4) is 0 Å². The van der Waals surface area contributed by atoms with Crippen LogP contribution in [0.1, 0.15) is 33.6 Å². The van der Waals surface area contributed by atoms with Crippen molar-refractivity contribution < 1.29 is 33.1 Å².